The van der Waals surface area contributed by atoms with Gasteiger partial charge in [-0.1, -0.05) is 17.3 Å². The summed E-state index contributed by atoms with van der Waals surface area (Å²) in [5.74, 6) is -0.452. The van der Waals surface area contributed by atoms with Crippen LogP contribution in [0.2, 0.25) is 0 Å². The van der Waals surface area contributed by atoms with Crippen molar-refractivity contribution in [1.82, 2.24) is 15.5 Å². The molecule has 3 rings (SSSR count). The van der Waals surface area contributed by atoms with Crippen LogP contribution in [0, 0.1) is 13.8 Å². The van der Waals surface area contributed by atoms with Crippen molar-refractivity contribution in [2.45, 2.75) is 44.9 Å². The number of likely N-dealkylation sites (tertiary alicyclic amines) is 1. The van der Waals surface area contributed by atoms with Gasteiger partial charge in [0, 0.05) is 12.8 Å². The fourth-order valence-corrected chi connectivity index (χ4v) is 4.52. The molecule has 0 radical (unpaired) electrons. The molecule has 12 heteroatoms. The van der Waals surface area contributed by atoms with Crippen LogP contribution in [-0.4, -0.2) is 60.1 Å². The fourth-order valence-electron chi connectivity index (χ4n) is 3.87. The number of sulfone groups is 1. The Balaban J connectivity index is 1.73. The molecule has 0 aliphatic carbocycles. The molecule has 0 spiro atoms. The highest BCUT2D eigenvalue weighted by atomic mass is 32.2. The lowest BCUT2D eigenvalue weighted by atomic mass is 9.89. The maximum absolute atomic E-state index is 13.2. The number of rotatable bonds is 9. The van der Waals surface area contributed by atoms with Crippen molar-refractivity contribution in [2.24, 2.45) is 5.73 Å². The summed E-state index contributed by atoms with van der Waals surface area (Å²) in [7, 11) is -3.38. The average molecular weight is 481 g/mol. The molecular formula is C21H28N4O7S. The standard InChI is InChI=1S/C21H28N4O7S/c1-13-17(14(2)32-24-13)12-31-16-6-4-15(5-7-16)21(22)9-10-25(20(21)27)18(19(26)23-28)8-11-33(3,29)30/h4-7,18,28H,8-12,22H2,1-3H3,(H,23,26). The van der Waals surface area contributed by atoms with Gasteiger partial charge in [0.2, 0.25) is 5.91 Å². The van der Waals surface area contributed by atoms with Gasteiger partial charge in [-0.25, -0.2) is 13.9 Å². The lowest BCUT2D eigenvalue weighted by molar-refractivity contribution is -0.144. The molecule has 1 aromatic heterocycles. The van der Waals surface area contributed by atoms with Gasteiger partial charge in [-0.15, -0.1) is 0 Å². The van der Waals surface area contributed by atoms with E-state index in [1.54, 1.807) is 31.2 Å². The molecule has 180 valence electrons. The molecule has 0 bridgehead atoms. The number of aryl methyl sites for hydroxylation is 2. The van der Waals surface area contributed by atoms with Crippen molar-refractivity contribution in [3.63, 3.8) is 0 Å². The van der Waals surface area contributed by atoms with E-state index in [0.29, 0.717) is 17.1 Å². The number of carbonyl (C=O) groups excluding carboxylic acids is 2. The maximum atomic E-state index is 13.2. The summed E-state index contributed by atoms with van der Waals surface area (Å²) in [5.41, 5.74) is 8.71. The lowest BCUT2D eigenvalue weighted by Gasteiger charge is -2.29. The smallest absolute Gasteiger partial charge is 0.266 e. The van der Waals surface area contributed by atoms with Crippen molar-refractivity contribution in [2.75, 3.05) is 18.6 Å². The van der Waals surface area contributed by atoms with Crippen molar-refractivity contribution >= 4 is 21.7 Å². The third kappa shape index (κ3) is 5.34. The zero-order valence-electron chi connectivity index (χ0n) is 18.7. The van der Waals surface area contributed by atoms with Crippen LogP contribution in [0.3, 0.4) is 0 Å². The van der Waals surface area contributed by atoms with Crippen LogP contribution in [0.5, 0.6) is 5.75 Å². The molecule has 2 amide bonds. The molecule has 4 N–H and O–H groups in total. The first-order valence-electron chi connectivity index (χ1n) is 10.3. The number of hydroxylamine groups is 1. The Morgan fingerprint density at radius 2 is 2.03 bits per heavy atom. The molecule has 1 aromatic carbocycles. The summed E-state index contributed by atoms with van der Waals surface area (Å²) < 4.78 is 34.0. The number of ether oxygens (including phenoxy) is 1. The van der Waals surface area contributed by atoms with Gasteiger partial charge in [-0.3, -0.25) is 14.8 Å². The molecular weight excluding hydrogens is 452 g/mol. The second-order valence-electron chi connectivity index (χ2n) is 8.25. The highest BCUT2D eigenvalue weighted by Crippen LogP contribution is 2.34. The normalized spacial score (nSPS) is 19.5. The lowest BCUT2D eigenvalue weighted by Crippen LogP contribution is -2.52. The third-order valence-electron chi connectivity index (χ3n) is 5.87. The summed E-state index contributed by atoms with van der Waals surface area (Å²) in [4.78, 5) is 26.6. The summed E-state index contributed by atoms with van der Waals surface area (Å²) in [6.45, 7) is 4.05. The van der Waals surface area contributed by atoms with E-state index in [1.807, 2.05) is 6.92 Å². The van der Waals surface area contributed by atoms with E-state index in [1.165, 1.54) is 10.4 Å². The second kappa shape index (κ2) is 9.49. The Bertz CT molecular complexity index is 1110. The quantitative estimate of drug-likeness (QED) is 0.343. The molecule has 1 fully saturated rings. The minimum absolute atomic E-state index is 0.140. The number of hydrogen-bond acceptors (Lipinski definition) is 9. The number of amides is 2. The highest BCUT2D eigenvalue weighted by molar-refractivity contribution is 7.90. The van der Waals surface area contributed by atoms with E-state index in [4.69, 9.17) is 20.2 Å². The monoisotopic (exact) mass is 480 g/mol. The van der Waals surface area contributed by atoms with Gasteiger partial charge in [0.1, 0.15) is 39.5 Å². The first kappa shape index (κ1) is 24.7. The minimum Gasteiger partial charge on any atom is -0.489 e. The van der Waals surface area contributed by atoms with Crippen LogP contribution in [-0.2, 0) is 31.6 Å². The molecule has 2 unspecified atom stereocenters. The van der Waals surface area contributed by atoms with Crippen LogP contribution in [0.4, 0.5) is 0 Å². The highest BCUT2D eigenvalue weighted by Gasteiger charge is 2.48. The zero-order valence-corrected chi connectivity index (χ0v) is 19.5. The van der Waals surface area contributed by atoms with Crippen LogP contribution in [0.25, 0.3) is 0 Å². The van der Waals surface area contributed by atoms with E-state index in [9.17, 15) is 18.0 Å². The molecule has 2 atom stereocenters. The molecule has 1 saturated heterocycles. The van der Waals surface area contributed by atoms with Crippen LogP contribution < -0.4 is 16.0 Å². The Hall–Kier alpha value is -2.96. The Labute approximate surface area is 191 Å². The first-order valence-corrected chi connectivity index (χ1v) is 12.4. The van der Waals surface area contributed by atoms with Crippen LogP contribution in [0.1, 0.15) is 35.4 Å². The maximum Gasteiger partial charge on any atom is 0.266 e. The second-order valence-corrected chi connectivity index (χ2v) is 10.5. The number of hydrogen-bond donors (Lipinski definition) is 3. The third-order valence-corrected chi connectivity index (χ3v) is 6.85. The summed E-state index contributed by atoms with van der Waals surface area (Å²) in [5, 5.41) is 13.0. The van der Waals surface area contributed by atoms with E-state index in [2.05, 4.69) is 5.16 Å². The van der Waals surface area contributed by atoms with Crippen molar-refractivity contribution < 1.29 is 32.5 Å². The van der Waals surface area contributed by atoms with Gasteiger partial charge in [0.25, 0.3) is 5.91 Å². The summed E-state index contributed by atoms with van der Waals surface area (Å²) in [6, 6.07) is 5.60. The number of carbonyl (C=O) groups is 2. The first-order chi connectivity index (χ1) is 15.5. The van der Waals surface area contributed by atoms with Gasteiger partial charge in [-0.2, -0.15) is 0 Å². The molecule has 33 heavy (non-hydrogen) atoms. The Kier molecular flexibility index (Phi) is 7.10. The number of benzene rings is 1. The topological polar surface area (TPSA) is 165 Å². The van der Waals surface area contributed by atoms with Crippen molar-refractivity contribution in [3.05, 3.63) is 46.8 Å². The van der Waals surface area contributed by atoms with Crippen LogP contribution in [0.15, 0.2) is 28.8 Å². The van der Waals surface area contributed by atoms with Gasteiger partial charge < -0.3 is 19.9 Å². The molecule has 0 saturated carbocycles. The molecule has 2 aromatic rings. The Morgan fingerprint density at radius 3 is 2.58 bits per heavy atom. The molecule has 2 heterocycles. The van der Waals surface area contributed by atoms with Crippen LogP contribution >= 0.6 is 0 Å². The Morgan fingerprint density at radius 1 is 1.36 bits per heavy atom. The molecule has 1 aliphatic rings. The fraction of sp³-hybridized carbons (Fsp3) is 0.476. The number of nitrogens with two attached hydrogens (primary N) is 1. The molecule has 11 nitrogen and oxygen atoms in total. The van der Waals surface area contributed by atoms with E-state index >= 15 is 0 Å². The van der Waals surface area contributed by atoms with Gasteiger partial charge in [0.15, 0.2) is 0 Å². The predicted molar refractivity (Wildman–Crippen MR) is 117 cm³/mol. The van der Waals surface area contributed by atoms with Gasteiger partial charge >= 0.3 is 0 Å². The number of aromatic nitrogens is 1. The van der Waals surface area contributed by atoms with E-state index in [0.717, 1.165) is 17.5 Å². The van der Waals surface area contributed by atoms with Gasteiger partial charge in [-0.05, 0) is 44.4 Å². The van der Waals surface area contributed by atoms with Crippen molar-refractivity contribution in [1.29, 1.82) is 0 Å². The predicted octanol–water partition coefficient (Wildman–Crippen LogP) is 0.565. The van der Waals surface area contributed by atoms with Crippen molar-refractivity contribution in [3.8, 4) is 5.75 Å². The zero-order chi connectivity index (χ0) is 24.4. The average Bonchev–Trinajstić information content (AvgIpc) is 3.25. The number of nitrogens with one attached hydrogen (secondary N) is 1. The summed E-state index contributed by atoms with van der Waals surface area (Å²) in [6.07, 6.45) is 1.11. The minimum atomic E-state index is -3.38. The SMILES string of the molecule is Cc1noc(C)c1COc1ccc(C2(N)CCN(C(CCS(C)(=O)=O)C(=O)NO)C2=O)cc1. The largest absolute Gasteiger partial charge is 0.489 e. The van der Waals surface area contributed by atoms with Gasteiger partial charge in [0.05, 0.1) is 17.0 Å². The van der Waals surface area contributed by atoms with E-state index < -0.39 is 33.2 Å². The van der Waals surface area contributed by atoms with E-state index in [-0.39, 0.29) is 31.7 Å². The summed E-state index contributed by atoms with van der Waals surface area (Å²) >= 11 is 0. The molecule has 1 aliphatic heterocycles. The number of nitrogens with zero attached hydrogens (tertiary/aromatic N) is 2.